The molecule has 6 nitrogen and oxygen atoms in total. The van der Waals surface area contributed by atoms with E-state index in [1.807, 2.05) is 29.0 Å². The van der Waals surface area contributed by atoms with Gasteiger partial charge in [0.2, 0.25) is 0 Å². The van der Waals surface area contributed by atoms with E-state index in [1.165, 1.54) is 11.3 Å². The number of imidazole rings is 1. The molecule has 3 rings (SSSR count). The Morgan fingerprint density at radius 1 is 1.35 bits per heavy atom. The van der Waals surface area contributed by atoms with Crippen molar-refractivity contribution in [1.82, 2.24) is 14.5 Å². The molecule has 0 amide bonds. The molecule has 1 aromatic carbocycles. The van der Waals surface area contributed by atoms with Gasteiger partial charge in [0.25, 0.3) is 0 Å². The van der Waals surface area contributed by atoms with Crippen molar-refractivity contribution in [3.8, 4) is 22.0 Å². The predicted octanol–water partition coefficient (Wildman–Crippen LogP) is 4.43. The van der Waals surface area contributed by atoms with Gasteiger partial charge in [-0.25, -0.2) is 14.8 Å². The van der Waals surface area contributed by atoms with Gasteiger partial charge in [0.1, 0.15) is 15.6 Å². The summed E-state index contributed by atoms with van der Waals surface area (Å²) in [5.74, 6) is -0.209. The molecule has 0 aliphatic carbocycles. The maximum Gasteiger partial charge on any atom is 0.347 e. The molecule has 0 aliphatic rings. The van der Waals surface area contributed by atoms with Gasteiger partial charge in [-0.1, -0.05) is 20.8 Å². The number of rotatable bonds is 5. The average Bonchev–Trinajstić information content (AvgIpc) is 3.21. The number of hydrogen-bond acceptors (Lipinski definition) is 5. The van der Waals surface area contributed by atoms with E-state index in [0.29, 0.717) is 17.3 Å². The van der Waals surface area contributed by atoms with E-state index in [0.717, 1.165) is 17.0 Å². The van der Waals surface area contributed by atoms with Crippen LogP contribution in [0.2, 0.25) is 0 Å². The predicted molar refractivity (Wildman–Crippen MR) is 101 cm³/mol. The molecule has 136 valence electrons. The maximum atomic E-state index is 11.3. The molecule has 0 aliphatic heterocycles. The Balaban J connectivity index is 2.02. The van der Waals surface area contributed by atoms with Crippen LogP contribution in [-0.2, 0) is 0 Å². The molecule has 0 unspecified atom stereocenters. The van der Waals surface area contributed by atoms with E-state index in [9.17, 15) is 9.90 Å². The number of aromatic carboxylic acids is 1. The third-order valence-corrected chi connectivity index (χ3v) is 4.83. The highest BCUT2D eigenvalue weighted by molar-refractivity contribution is 7.17. The summed E-state index contributed by atoms with van der Waals surface area (Å²) in [5, 5.41) is 9.93. The number of carbonyl (C=O) groups is 1. The lowest BCUT2D eigenvalue weighted by Crippen LogP contribution is -2.17. The quantitative estimate of drug-likeness (QED) is 0.718. The molecular formula is C19H21N3O3S. The Morgan fingerprint density at radius 2 is 2.12 bits per heavy atom. The number of aromatic nitrogens is 3. The van der Waals surface area contributed by atoms with E-state index in [4.69, 9.17) is 4.74 Å². The molecule has 26 heavy (non-hydrogen) atoms. The van der Waals surface area contributed by atoms with Crippen molar-refractivity contribution in [3.63, 3.8) is 0 Å². The largest absolute Gasteiger partial charge is 0.491 e. The van der Waals surface area contributed by atoms with Crippen LogP contribution >= 0.6 is 11.3 Å². The zero-order valence-corrected chi connectivity index (χ0v) is 16.0. The lowest BCUT2D eigenvalue weighted by molar-refractivity contribution is 0.0701. The van der Waals surface area contributed by atoms with Gasteiger partial charge < -0.3 is 14.4 Å². The van der Waals surface area contributed by atoms with Gasteiger partial charge in [0, 0.05) is 18.0 Å². The fraction of sp³-hybridized carbons (Fsp3) is 0.316. The number of carboxylic acids is 1. The summed E-state index contributed by atoms with van der Waals surface area (Å²) in [6.45, 7) is 8.63. The van der Waals surface area contributed by atoms with Gasteiger partial charge in [0.15, 0.2) is 0 Å². The van der Waals surface area contributed by atoms with Crippen LogP contribution in [0, 0.1) is 12.3 Å². The van der Waals surface area contributed by atoms with Crippen LogP contribution in [0.25, 0.3) is 16.3 Å². The highest BCUT2D eigenvalue weighted by Crippen LogP contribution is 2.33. The maximum absolute atomic E-state index is 11.3. The zero-order valence-electron chi connectivity index (χ0n) is 15.2. The van der Waals surface area contributed by atoms with E-state index in [2.05, 4.69) is 30.7 Å². The molecule has 7 heteroatoms. The van der Waals surface area contributed by atoms with Crippen molar-refractivity contribution in [3.05, 3.63) is 47.5 Å². The van der Waals surface area contributed by atoms with Gasteiger partial charge in [0.05, 0.1) is 24.3 Å². The minimum atomic E-state index is -0.953. The van der Waals surface area contributed by atoms with Gasteiger partial charge in [-0.3, -0.25) is 0 Å². The van der Waals surface area contributed by atoms with Gasteiger partial charge in [-0.2, -0.15) is 0 Å². The topological polar surface area (TPSA) is 77.2 Å². The smallest absolute Gasteiger partial charge is 0.347 e. The first-order valence-corrected chi connectivity index (χ1v) is 9.02. The summed E-state index contributed by atoms with van der Waals surface area (Å²) in [7, 11) is 0. The summed E-state index contributed by atoms with van der Waals surface area (Å²) in [6, 6.07) is 5.75. The number of thiazole rings is 1. The number of hydrogen-bond donors (Lipinski definition) is 1. The van der Waals surface area contributed by atoms with Crippen LogP contribution in [0.1, 0.15) is 36.1 Å². The first-order valence-electron chi connectivity index (χ1n) is 8.21. The first-order chi connectivity index (χ1) is 12.2. The second-order valence-electron chi connectivity index (χ2n) is 7.24. The van der Waals surface area contributed by atoms with Crippen molar-refractivity contribution in [1.29, 1.82) is 0 Å². The number of benzene rings is 1. The van der Waals surface area contributed by atoms with Crippen LogP contribution < -0.4 is 4.74 Å². The van der Waals surface area contributed by atoms with E-state index >= 15 is 0 Å². The number of ether oxygens (including phenoxy) is 1. The number of aryl methyl sites for hydroxylation is 1. The Kier molecular flexibility index (Phi) is 4.82. The molecule has 0 radical (unpaired) electrons. The zero-order chi connectivity index (χ0) is 18.9. The second kappa shape index (κ2) is 6.92. The molecule has 3 aromatic rings. The van der Waals surface area contributed by atoms with Gasteiger partial charge >= 0.3 is 5.97 Å². The molecule has 0 saturated carbocycles. The lowest BCUT2D eigenvalue weighted by Gasteiger charge is -2.21. The number of carboxylic acid groups (broad SMARTS) is 1. The summed E-state index contributed by atoms with van der Waals surface area (Å²) in [6.07, 6.45) is 5.26. The van der Waals surface area contributed by atoms with Gasteiger partial charge in [-0.05, 0) is 30.5 Å². The van der Waals surface area contributed by atoms with Gasteiger partial charge in [-0.15, -0.1) is 11.3 Å². The molecule has 0 spiro atoms. The summed E-state index contributed by atoms with van der Waals surface area (Å²) in [5.41, 5.74) is 2.24. The fourth-order valence-electron chi connectivity index (χ4n) is 2.39. The second-order valence-corrected chi connectivity index (χ2v) is 8.24. The van der Waals surface area contributed by atoms with Crippen molar-refractivity contribution in [2.75, 3.05) is 6.61 Å². The Morgan fingerprint density at radius 3 is 2.69 bits per heavy atom. The molecule has 1 N–H and O–H groups in total. The summed E-state index contributed by atoms with van der Waals surface area (Å²) in [4.78, 5) is 20.1. The molecule has 2 heterocycles. The van der Waals surface area contributed by atoms with Crippen molar-refractivity contribution in [2.24, 2.45) is 5.41 Å². The Labute approximate surface area is 156 Å². The average molecular weight is 371 g/mol. The van der Waals surface area contributed by atoms with Crippen LogP contribution in [0.15, 0.2) is 36.9 Å². The third-order valence-electron chi connectivity index (χ3n) is 3.64. The van der Waals surface area contributed by atoms with Crippen molar-refractivity contribution < 1.29 is 14.6 Å². The summed E-state index contributed by atoms with van der Waals surface area (Å²) < 4.78 is 7.90. The number of nitrogens with zero attached hydrogens (tertiary/aromatic N) is 3. The molecular weight excluding hydrogens is 350 g/mol. The highest BCUT2D eigenvalue weighted by Gasteiger charge is 2.18. The molecule has 0 saturated heterocycles. The molecule has 2 aromatic heterocycles. The fourth-order valence-corrected chi connectivity index (χ4v) is 3.29. The molecule has 0 bridgehead atoms. The molecule has 0 fully saturated rings. The third kappa shape index (κ3) is 3.94. The van der Waals surface area contributed by atoms with Crippen molar-refractivity contribution in [2.45, 2.75) is 27.7 Å². The summed E-state index contributed by atoms with van der Waals surface area (Å²) >= 11 is 1.17. The monoisotopic (exact) mass is 371 g/mol. The highest BCUT2D eigenvalue weighted by atomic mass is 32.1. The SMILES string of the molecule is Cc1nc(-c2ccc(OCC(C)(C)C)c(-n3ccnc3)c2)sc1C(=O)O. The minimum Gasteiger partial charge on any atom is -0.491 e. The standard InChI is InChI=1S/C19H21N3O3S/c1-12-16(18(23)24)26-17(21-12)13-5-6-15(25-10-19(2,3)4)14(9-13)22-8-7-20-11-22/h5-9,11H,10H2,1-4H3,(H,23,24). The normalized spacial score (nSPS) is 11.5. The van der Waals surface area contributed by atoms with E-state index < -0.39 is 5.97 Å². The van der Waals surface area contributed by atoms with Crippen LogP contribution in [-0.4, -0.2) is 32.2 Å². The molecule has 0 atom stereocenters. The van der Waals surface area contributed by atoms with Crippen LogP contribution in [0.4, 0.5) is 0 Å². The Bertz CT molecular complexity index is 924. The Hall–Kier alpha value is -2.67. The lowest BCUT2D eigenvalue weighted by atomic mass is 9.99. The first kappa shape index (κ1) is 18.1. The minimum absolute atomic E-state index is 0.0354. The van der Waals surface area contributed by atoms with E-state index in [-0.39, 0.29) is 10.3 Å². The van der Waals surface area contributed by atoms with E-state index in [1.54, 1.807) is 19.4 Å². The van der Waals surface area contributed by atoms with Crippen LogP contribution in [0.5, 0.6) is 5.75 Å². The van der Waals surface area contributed by atoms with Crippen LogP contribution in [0.3, 0.4) is 0 Å². The van der Waals surface area contributed by atoms with Crippen molar-refractivity contribution >= 4 is 17.3 Å².